The molecule has 3 N–H and O–H groups in total. The summed E-state index contributed by atoms with van der Waals surface area (Å²) in [4.78, 5) is 0. The van der Waals surface area contributed by atoms with Gasteiger partial charge in [-0.2, -0.15) is 0 Å². The van der Waals surface area contributed by atoms with Crippen LogP contribution in [0.15, 0.2) is 66.7 Å². The van der Waals surface area contributed by atoms with Gasteiger partial charge in [-0.1, -0.05) is 60.7 Å². The van der Waals surface area contributed by atoms with Crippen LogP contribution in [0.5, 0.6) is 0 Å². The van der Waals surface area contributed by atoms with Crippen molar-refractivity contribution in [2.45, 2.75) is 6.04 Å². The topological polar surface area (TPSA) is 38.0 Å². The predicted molar refractivity (Wildman–Crippen MR) is 92.3 cm³/mol. The summed E-state index contributed by atoms with van der Waals surface area (Å²) in [5.41, 5.74) is 5.37. The molecule has 0 saturated heterocycles. The molecule has 3 aromatic carbocycles. The molecule has 0 aliphatic rings. The fraction of sp³-hybridized carbons (Fsp3) is 0.0588. The zero-order valence-corrected chi connectivity index (χ0v) is 13.0. The average molecular weight is 374 g/mol. The minimum atomic E-state index is -0.00537. The molecule has 3 aromatic rings. The zero-order valence-electron chi connectivity index (χ0n) is 10.9. The Hall–Kier alpha value is -1.43. The summed E-state index contributed by atoms with van der Waals surface area (Å²) in [5.74, 6) is 5.84. The van der Waals surface area contributed by atoms with E-state index in [1.165, 1.54) is 25.5 Å². The highest BCUT2D eigenvalue weighted by molar-refractivity contribution is 14.1. The number of nitrogens with one attached hydrogen (secondary N) is 1. The molecule has 20 heavy (non-hydrogen) atoms. The maximum atomic E-state index is 5.84. The second-order valence-electron chi connectivity index (χ2n) is 4.69. The normalized spacial score (nSPS) is 12.5. The standard InChI is InChI=1S/C17H15IN2/c18-16-11-4-3-9-15(16)17(20-19)14-10-5-7-12-6-1-2-8-13(12)14/h1-11,17,20H,19H2. The molecule has 3 heteroatoms. The molecule has 0 heterocycles. The number of nitrogens with two attached hydrogens (primary N) is 1. The first-order valence-corrected chi connectivity index (χ1v) is 7.57. The molecule has 3 rings (SSSR count). The summed E-state index contributed by atoms with van der Waals surface area (Å²) in [6, 6.07) is 23.0. The number of fused-ring (bicyclic) bond motifs is 1. The van der Waals surface area contributed by atoms with Crippen LogP contribution in [0, 0.1) is 3.57 Å². The van der Waals surface area contributed by atoms with Gasteiger partial charge in [0.05, 0.1) is 6.04 Å². The van der Waals surface area contributed by atoms with E-state index in [4.69, 9.17) is 5.84 Å². The molecule has 0 aliphatic carbocycles. The van der Waals surface area contributed by atoms with Crippen molar-refractivity contribution in [2.24, 2.45) is 5.84 Å². The third-order valence-corrected chi connectivity index (χ3v) is 4.50. The minimum absolute atomic E-state index is 0.00537. The highest BCUT2D eigenvalue weighted by Crippen LogP contribution is 2.30. The predicted octanol–water partition coefficient (Wildman–Crippen LogP) is 4.00. The lowest BCUT2D eigenvalue weighted by molar-refractivity contribution is 0.638. The van der Waals surface area contributed by atoms with E-state index in [0.29, 0.717) is 0 Å². The number of hydrogen-bond acceptors (Lipinski definition) is 2. The second-order valence-corrected chi connectivity index (χ2v) is 5.85. The number of halogens is 1. The molecule has 100 valence electrons. The highest BCUT2D eigenvalue weighted by Gasteiger charge is 2.16. The van der Waals surface area contributed by atoms with Gasteiger partial charge in [0.1, 0.15) is 0 Å². The van der Waals surface area contributed by atoms with Gasteiger partial charge in [-0.15, -0.1) is 0 Å². The van der Waals surface area contributed by atoms with Gasteiger partial charge in [0, 0.05) is 3.57 Å². The molecule has 0 saturated carbocycles. The summed E-state index contributed by atoms with van der Waals surface area (Å²) in [5, 5.41) is 2.47. The van der Waals surface area contributed by atoms with Gasteiger partial charge >= 0.3 is 0 Å². The molecule has 0 aliphatic heterocycles. The van der Waals surface area contributed by atoms with Crippen LogP contribution in [0.3, 0.4) is 0 Å². The molecular weight excluding hydrogens is 359 g/mol. The Morgan fingerprint density at radius 3 is 2.25 bits per heavy atom. The summed E-state index contributed by atoms with van der Waals surface area (Å²) >= 11 is 2.35. The molecule has 0 spiro atoms. The summed E-state index contributed by atoms with van der Waals surface area (Å²) in [6.07, 6.45) is 0. The van der Waals surface area contributed by atoms with Crippen LogP contribution in [0.25, 0.3) is 10.8 Å². The van der Waals surface area contributed by atoms with E-state index < -0.39 is 0 Å². The smallest absolute Gasteiger partial charge is 0.0726 e. The Balaban J connectivity index is 2.20. The quantitative estimate of drug-likeness (QED) is 0.413. The van der Waals surface area contributed by atoms with Gasteiger partial charge in [-0.05, 0) is 50.6 Å². The Labute approximate surface area is 132 Å². The van der Waals surface area contributed by atoms with E-state index in [1.54, 1.807) is 0 Å². The van der Waals surface area contributed by atoms with Crippen LogP contribution >= 0.6 is 22.6 Å². The van der Waals surface area contributed by atoms with E-state index >= 15 is 0 Å². The van der Waals surface area contributed by atoms with Crippen molar-refractivity contribution in [1.29, 1.82) is 0 Å². The van der Waals surface area contributed by atoms with E-state index in [1.807, 2.05) is 12.1 Å². The Morgan fingerprint density at radius 2 is 1.45 bits per heavy atom. The lowest BCUT2D eigenvalue weighted by Gasteiger charge is -2.20. The Bertz CT molecular complexity index is 734. The maximum Gasteiger partial charge on any atom is 0.0726 e. The number of benzene rings is 3. The van der Waals surface area contributed by atoms with Gasteiger partial charge in [-0.3, -0.25) is 5.84 Å². The maximum absolute atomic E-state index is 5.84. The van der Waals surface area contributed by atoms with Crippen molar-refractivity contribution in [2.75, 3.05) is 0 Å². The molecule has 0 amide bonds. The fourth-order valence-corrected chi connectivity index (χ4v) is 3.26. The van der Waals surface area contributed by atoms with E-state index in [-0.39, 0.29) is 6.04 Å². The zero-order chi connectivity index (χ0) is 13.9. The van der Waals surface area contributed by atoms with Crippen molar-refractivity contribution in [3.63, 3.8) is 0 Å². The highest BCUT2D eigenvalue weighted by atomic mass is 127. The SMILES string of the molecule is NNC(c1ccccc1I)c1cccc2ccccc12. The fourth-order valence-electron chi connectivity index (χ4n) is 2.56. The Morgan fingerprint density at radius 1 is 0.800 bits per heavy atom. The van der Waals surface area contributed by atoms with Gasteiger partial charge in [0.2, 0.25) is 0 Å². The molecule has 0 aromatic heterocycles. The largest absolute Gasteiger partial charge is 0.271 e. The van der Waals surface area contributed by atoms with Gasteiger partial charge in [0.25, 0.3) is 0 Å². The third-order valence-electron chi connectivity index (χ3n) is 3.52. The first kappa shape index (κ1) is 13.5. The monoisotopic (exact) mass is 374 g/mol. The van der Waals surface area contributed by atoms with Crippen LogP contribution in [-0.4, -0.2) is 0 Å². The summed E-state index contributed by atoms with van der Waals surface area (Å²) in [7, 11) is 0. The number of rotatable bonds is 3. The molecule has 2 nitrogen and oxygen atoms in total. The average Bonchev–Trinajstić information content (AvgIpc) is 2.50. The first-order valence-electron chi connectivity index (χ1n) is 6.49. The van der Waals surface area contributed by atoms with Crippen LogP contribution < -0.4 is 11.3 Å². The molecule has 1 atom stereocenters. The Kier molecular flexibility index (Phi) is 4.00. The van der Waals surface area contributed by atoms with Gasteiger partial charge in [0.15, 0.2) is 0 Å². The van der Waals surface area contributed by atoms with Gasteiger partial charge in [-0.25, -0.2) is 5.43 Å². The summed E-state index contributed by atoms with van der Waals surface area (Å²) in [6.45, 7) is 0. The van der Waals surface area contributed by atoms with Crippen LogP contribution in [-0.2, 0) is 0 Å². The van der Waals surface area contributed by atoms with Crippen LogP contribution in [0.4, 0.5) is 0 Å². The second kappa shape index (κ2) is 5.91. The van der Waals surface area contributed by atoms with Crippen molar-refractivity contribution in [3.8, 4) is 0 Å². The van der Waals surface area contributed by atoms with E-state index in [9.17, 15) is 0 Å². The molecule has 0 fully saturated rings. The summed E-state index contributed by atoms with van der Waals surface area (Å²) < 4.78 is 1.21. The van der Waals surface area contributed by atoms with Gasteiger partial charge < -0.3 is 0 Å². The molecule has 1 unspecified atom stereocenters. The van der Waals surface area contributed by atoms with Crippen molar-refractivity contribution in [1.82, 2.24) is 5.43 Å². The first-order chi connectivity index (χ1) is 9.81. The number of hydrogen-bond donors (Lipinski definition) is 2. The molecule has 0 radical (unpaired) electrons. The molecule has 0 bridgehead atoms. The van der Waals surface area contributed by atoms with Crippen LogP contribution in [0.2, 0.25) is 0 Å². The van der Waals surface area contributed by atoms with E-state index in [2.05, 4.69) is 82.6 Å². The van der Waals surface area contributed by atoms with Crippen LogP contribution in [0.1, 0.15) is 17.2 Å². The lowest BCUT2D eigenvalue weighted by atomic mass is 9.94. The van der Waals surface area contributed by atoms with Crippen molar-refractivity contribution >= 4 is 33.4 Å². The van der Waals surface area contributed by atoms with E-state index in [0.717, 1.165) is 0 Å². The lowest BCUT2D eigenvalue weighted by Crippen LogP contribution is -2.29. The third kappa shape index (κ3) is 2.44. The van der Waals surface area contributed by atoms with Crippen molar-refractivity contribution in [3.05, 3.63) is 81.4 Å². The van der Waals surface area contributed by atoms with Crippen molar-refractivity contribution < 1.29 is 0 Å². The molecular formula is C17H15IN2. The minimum Gasteiger partial charge on any atom is -0.271 e. The number of hydrazine groups is 1.